The van der Waals surface area contributed by atoms with Crippen molar-refractivity contribution in [3.63, 3.8) is 0 Å². The van der Waals surface area contributed by atoms with Crippen LogP contribution in [0.4, 0.5) is 5.69 Å². The smallest absolute Gasteiger partial charge is 0.320 e. The molecule has 8 nitrogen and oxygen atoms in total. The molecule has 2 atom stereocenters. The molecule has 2 fully saturated rings. The van der Waals surface area contributed by atoms with Gasteiger partial charge < -0.3 is 9.75 Å². The molecule has 3 heterocycles. The number of hydrogen-bond donors (Lipinski definition) is 2. The van der Waals surface area contributed by atoms with Crippen molar-refractivity contribution < 1.29 is 19.1 Å². The lowest BCUT2D eigenvalue weighted by Gasteiger charge is -2.32. The number of carbonyl (C=O) groups is 3. The Bertz CT molecular complexity index is 903. The zero-order chi connectivity index (χ0) is 27.0. The number of piperidine rings is 2. The lowest BCUT2D eigenvalue weighted by Crippen LogP contribution is -2.46. The number of nitrogens with zero attached hydrogens (tertiary/aromatic N) is 2. The highest BCUT2D eigenvalue weighted by Crippen LogP contribution is 2.41. The van der Waals surface area contributed by atoms with Crippen LogP contribution in [0.2, 0.25) is 0 Å². The quantitative estimate of drug-likeness (QED) is 0.468. The summed E-state index contributed by atoms with van der Waals surface area (Å²) in [5.41, 5.74) is 6.45. The van der Waals surface area contributed by atoms with E-state index in [1.807, 2.05) is 60.5 Å². The summed E-state index contributed by atoms with van der Waals surface area (Å²) in [4.78, 5) is 38.2. The van der Waals surface area contributed by atoms with E-state index in [1.165, 1.54) is 5.56 Å². The van der Waals surface area contributed by atoms with Crippen LogP contribution in [-0.2, 0) is 19.1 Å². The van der Waals surface area contributed by atoms with Crippen LogP contribution in [0.1, 0.15) is 97.2 Å². The van der Waals surface area contributed by atoms with Gasteiger partial charge in [-0.3, -0.25) is 24.6 Å². The molecule has 3 aliphatic rings. The van der Waals surface area contributed by atoms with Crippen LogP contribution in [0, 0.1) is 5.92 Å². The Hall–Kier alpha value is -2.45. The predicted octanol–water partition coefficient (Wildman–Crippen LogP) is 4.31. The summed E-state index contributed by atoms with van der Waals surface area (Å²) in [6, 6.07) is 6.41. The topological polar surface area (TPSA) is 91.0 Å². The molecule has 0 aromatic heterocycles. The molecule has 202 valence electrons. The number of ether oxygens (including phenoxy) is 1. The van der Waals surface area contributed by atoms with E-state index in [4.69, 9.17) is 4.74 Å². The van der Waals surface area contributed by atoms with Crippen LogP contribution in [0.25, 0.3) is 0 Å². The van der Waals surface area contributed by atoms with E-state index in [2.05, 4.69) is 33.8 Å². The first-order valence-electron chi connectivity index (χ1n) is 13.5. The molecule has 36 heavy (non-hydrogen) atoms. The molecular weight excluding hydrogens is 456 g/mol. The van der Waals surface area contributed by atoms with Crippen LogP contribution >= 0.6 is 0 Å². The highest BCUT2D eigenvalue weighted by molar-refractivity contribution is 5.99. The maximum atomic E-state index is 12.4. The Morgan fingerprint density at radius 3 is 2.28 bits per heavy atom. The van der Waals surface area contributed by atoms with Crippen molar-refractivity contribution in [3.05, 3.63) is 29.3 Å². The molecule has 2 amide bonds. The van der Waals surface area contributed by atoms with E-state index in [0.29, 0.717) is 25.3 Å². The van der Waals surface area contributed by atoms with Crippen molar-refractivity contribution in [3.8, 4) is 0 Å². The summed E-state index contributed by atoms with van der Waals surface area (Å²) in [5, 5.41) is 4.46. The second-order valence-corrected chi connectivity index (χ2v) is 10.2. The van der Waals surface area contributed by atoms with E-state index < -0.39 is 5.60 Å². The standard InChI is InChI=1S/C24H34N4O4.2C2H6/c1-24(2,3)32-21(30)14-28-11-9-15(10-12-28)16-5-6-17-19(13-16)27(4)26-22(17)18-7-8-20(29)25-23(18)31;2*1-2/h5-6,13,15,18,22,26H,7-12,14H2,1-4H3,(H,25,29,31);2*1-2H3. The van der Waals surface area contributed by atoms with Gasteiger partial charge in [-0.1, -0.05) is 39.8 Å². The van der Waals surface area contributed by atoms with Gasteiger partial charge in [-0.2, -0.15) is 0 Å². The number of amides is 2. The molecule has 0 aliphatic carbocycles. The van der Waals surface area contributed by atoms with Crippen molar-refractivity contribution in [2.24, 2.45) is 5.92 Å². The maximum absolute atomic E-state index is 12.4. The molecule has 0 radical (unpaired) electrons. The monoisotopic (exact) mass is 502 g/mol. The van der Waals surface area contributed by atoms with Gasteiger partial charge in [0.1, 0.15) is 5.60 Å². The largest absolute Gasteiger partial charge is 0.459 e. The van der Waals surface area contributed by atoms with Crippen molar-refractivity contribution in [2.75, 3.05) is 31.7 Å². The second-order valence-electron chi connectivity index (χ2n) is 10.2. The third-order valence-corrected chi connectivity index (χ3v) is 6.60. The Balaban J connectivity index is 0.00000109. The first-order valence-corrected chi connectivity index (χ1v) is 13.5. The minimum absolute atomic E-state index is 0.118. The lowest BCUT2D eigenvalue weighted by molar-refractivity contribution is -0.156. The van der Waals surface area contributed by atoms with Gasteiger partial charge in [0.25, 0.3) is 0 Å². The fraction of sp³-hybridized carbons (Fsp3) is 0.679. The van der Waals surface area contributed by atoms with Gasteiger partial charge in [-0.15, -0.1) is 0 Å². The number of esters is 1. The number of carbonyl (C=O) groups excluding carboxylic acids is 3. The summed E-state index contributed by atoms with van der Waals surface area (Å²) >= 11 is 0. The fourth-order valence-electron chi connectivity index (χ4n) is 5.03. The molecule has 3 aliphatic heterocycles. The van der Waals surface area contributed by atoms with E-state index in [9.17, 15) is 14.4 Å². The number of hydrazine groups is 1. The van der Waals surface area contributed by atoms with Gasteiger partial charge in [-0.25, -0.2) is 5.43 Å². The Morgan fingerprint density at radius 2 is 1.69 bits per heavy atom. The summed E-state index contributed by atoms with van der Waals surface area (Å²) in [5.74, 6) is -0.357. The summed E-state index contributed by atoms with van der Waals surface area (Å²) in [6.45, 7) is 15.8. The molecular formula is C28H46N4O4. The van der Waals surface area contributed by atoms with Crippen LogP contribution in [-0.4, -0.2) is 55.0 Å². The van der Waals surface area contributed by atoms with Crippen LogP contribution in [0.3, 0.4) is 0 Å². The van der Waals surface area contributed by atoms with Crippen molar-refractivity contribution in [2.45, 2.75) is 91.7 Å². The number of benzene rings is 1. The lowest BCUT2D eigenvalue weighted by atomic mass is 9.84. The Morgan fingerprint density at radius 1 is 1.06 bits per heavy atom. The summed E-state index contributed by atoms with van der Waals surface area (Å²) in [6.07, 6.45) is 2.94. The number of rotatable bonds is 4. The SMILES string of the molecule is CC.CC.CN1NC(C2CCC(=O)NC2=O)c2ccc(C3CCN(CC(=O)OC(C)(C)C)CC3)cc21. The van der Waals surface area contributed by atoms with Gasteiger partial charge in [0, 0.05) is 13.5 Å². The Labute approximate surface area is 217 Å². The maximum Gasteiger partial charge on any atom is 0.320 e. The van der Waals surface area contributed by atoms with Gasteiger partial charge in [0.05, 0.1) is 24.2 Å². The molecule has 4 rings (SSSR count). The van der Waals surface area contributed by atoms with E-state index in [0.717, 1.165) is 37.2 Å². The fourth-order valence-corrected chi connectivity index (χ4v) is 5.03. The number of imide groups is 1. The first kappa shape index (κ1) is 29.8. The van der Waals surface area contributed by atoms with Crippen molar-refractivity contribution in [1.29, 1.82) is 0 Å². The highest BCUT2D eigenvalue weighted by Gasteiger charge is 2.39. The second kappa shape index (κ2) is 13.2. The van der Waals surface area contributed by atoms with E-state index in [1.54, 1.807) is 0 Å². The van der Waals surface area contributed by atoms with Crippen molar-refractivity contribution in [1.82, 2.24) is 15.6 Å². The third-order valence-electron chi connectivity index (χ3n) is 6.60. The third kappa shape index (κ3) is 7.53. The average molecular weight is 503 g/mol. The van der Waals surface area contributed by atoms with E-state index >= 15 is 0 Å². The molecule has 2 saturated heterocycles. The predicted molar refractivity (Wildman–Crippen MR) is 144 cm³/mol. The van der Waals surface area contributed by atoms with Crippen LogP contribution in [0.5, 0.6) is 0 Å². The molecule has 1 aromatic rings. The molecule has 8 heteroatoms. The van der Waals surface area contributed by atoms with Gasteiger partial charge >= 0.3 is 5.97 Å². The normalized spacial score (nSPS) is 22.5. The first-order chi connectivity index (χ1) is 17.1. The average Bonchev–Trinajstić information content (AvgIpc) is 3.16. The zero-order valence-corrected chi connectivity index (χ0v) is 23.4. The highest BCUT2D eigenvalue weighted by atomic mass is 16.6. The van der Waals surface area contributed by atoms with E-state index in [-0.39, 0.29) is 29.7 Å². The van der Waals surface area contributed by atoms with Crippen LogP contribution < -0.4 is 15.8 Å². The number of anilines is 1. The van der Waals surface area contributed by atoms with Gasteiger partial charge in [0.15, 0.2) is 0 Å². The number of likely N-dealkylation sites (tertiary alicyclic amines) is 1. The van der Waals surface area contributed by atoms with Crippen molar-refractivity contribution >= 4 is 23.5 Å². The van der Waals surface area contributed by atoms with Crippen LogP contribution in [0.15, 0.2) is 18.2 Å². The summed E-state index contributed by atoms with van der Waals surface area (Å²) < 4.78 is 5.45. The molecule has 2 N–H and O–H groups in total. The minimum atomic E-state index is -0.453. The van der Waals surface area contributed by atoms with Gasteiger partial charge in [0.2, 0.25) is 11.8 Å². The number of nitrogens with one attached hydrogen (secondary N) is 2. The zero-order valence-electron chi connectivity index (χ0n) is 23.4. The molecule has 1 aromatic carbocycles. The molecule has 0 bridgehead atoms. The molecule has 2 unspecified atom stereocenters. The Kier molecular flexibility index (Phi) is 10.9. The number of fused-ring (bicyclic) bond motifs is 1. The molecule has 0 spiro atoms. The number of hydrogen-bond acceptors (Lipinski definition) is 7. The van der Waals surface area contributed by atoms with Gasteiger partial charge in [-0.05, 0) is 76.2 Å². The minimum Gasteiger partial charge on any atom is -0.459 e. The molecule has 0 saturated carbocycles. The summed E-state index contributed by atoms with van der Waals surface area (Å²) in [7, 11) is 1.97.